The molecule has 1 N–H and O–H groups in total. The molecule has 5 nitrogen and oxygen atoms in total. The van der Waals surface area contributed by atoms with Crippen molar-refractivity contribution in [2.75, 3.05) is 6.61 Å². The number of nitrogens with one attached hydrogen (secondary N) is 1. The minimum absolute atomic E-state index is 0.280. The summed E-state index contributed by atoms with van der Waals surface area (Å²) < 4.78 is 11.0. The largest absolute Gasteiger partial charge is 0.366 e. The molecule has 0 radical (unpaired) electrons. The van der Waals surface area contributed by atoms with Gasteiger partial charge in [-0.25, -0.2) is 0 Å². The predicted molar refractivity (Wildman–Crippen MR) is 76.2 cm³/mol. The maximum atomic E-state index is 5.75. The minimum Gasteiger partial charge on any atom is -0.366 e. The molecule has 0 bridgehead atoms. The Bertz CT molecular complexity index is 511. The average Bonchev–Trinajstić information content (AvgIpc) is 2.92. The maximum absolute atomic E-state index is 5.75. The van der Waals surface area contributed by atoms with Crippen LogP contribution in [0.3, 0.4) is 0 Å². The van der Waals surface area contributed by atoms with Gasteiger partial charge in [0.05, 0.1) is 6.54 Å². The molecule has 1 aromatic carbocycles. The van der Waals surface area contributed by atoms with Crippen LogP contribution in [-0.4, -0.2) is 22.8 Å². The van der Waals surface area contributed by atoms with Crippen LogP contribution in [0.15, 0.2) is 34.9 Å². The Hall–Kier alpha value is -1.72. The standard InChI is InChI=1S/C15H21N3O2/c1-4-19-14(12-8-6-5-7-9-12)15-17-13(20-18-15)10-16-11(2)3/h5-9,11,14,16H,4,10H2,1-3H3. The van der Waals surface area contributed by atoms with E-state index in [1.807, 2.05) is 37.3 Å². The van der Waals surface area contributed by atoms with E-state index in [-0.39, 0.29) is 6.10 Å². The monoisotopic (exact) mass is 275 g/mol. The number of nitrogens with zero attached hydrogens (tertiary/aromatic N) is 2. The van der Waals surface area contributed by atoms with Crippen LogP contribution in [0.25, 0.3) is 0 Å². The van der Waals surface area contributed by atoms with Crippen LogP contribution in [0, 0.1) is 0 Å². The van der Waals surface area contributed by atoms with E-state index in [4.69, 9.17) is 9.26 Å². The second-order valence-corrected chi connectivity index (χ2v) is 4.83. The summed E-state index contributed by atoms with van der Waals surface area (Å²) in [5.74, 6) is 1.15. The number of rotatable bonds is 7. The molecule has 1 heterocycles. The molecular formula is C15H21N3O2. The lowest BCUT2D eigenvalue weighted by atomic mass is 10.1. The second-order valence-electron chi connectivity index (χ2n) is 4.83. The third-order valence-corrected chi connectivity index (χ3v) is 2.82. The SMILES string of the molecule is CCOC(c1ccccc1)c1noc(CNC(C)C)n1. The van der Waals surface area contributed by atoms with Crippen LogP contribution in [0.1, 0.15) is 44.2 Å². The summed E-state index contributed by atoms with van der Waals surface area (Å²) in [5, 5.41) is 7.29. The van der Waals surface area contributed by atoms with Crippen LogP contribution in [-0.2, 0) is 11.3 Å². The molecule has 0 aliphatic rings. The zero-order chi connectivity index (χ0) is 14.4. The van der Waals surface area contributed by atoms with Crippen molar-refractivity contribution in [2.24, 2.45) is 0 Å². The highest BCUT2D eigenvalue weighted by Gasteiger charge is 2.20. The molecule has 20 heavy (non-hydrogen) atoms. The first-order valence-electron chi connectivity index (χ1n) is 6.93. The highest BCUT2D eigenvalue weighted by molar-refractivity contribution is 5.22. The fourth-order valence-electron chi connectivity index (χ4n) is 1.85. The highest BCUT2D eigenvalue weighted by Crippen LogP contribution is 2.23. The third kappa shape index (κ3) is 3.88. The summed E-state index contributed by atoms with van der Waals surface area (Å²) in [4.78, 5) is 4.41. The van der Waals surface area contributed by atoms with Gasteiger partial charge >= 0.3 is 0 Å². The van der Waals surface area contributed by atoms with E-state index >= 15 is 0 Å². The fraction of sp³-hybridized carbons (Fsp3) is 0.467. The van der Waals surface area contributed by atoms with Gasteiger partial charge in [-0.3, -0.25) is 0 Å². The molecule has 2 rings (SSSR count). The van der Waals surface area contributed by atoms with Gasteiger partial charge < -0.3 is 14.6 Å². The van der Waals surface area contributed by atoms with Crippen molar-refractivity contribution in [2.45, 2.75) is 39.5 Å². The van der Waals surface area contributed by atoms with E-state index in [9.17, 15) is 0 Å². The Morgan fingerprint density at radius 3 is 2.65 bits per heavy atom. The first-order chi connectivity index (χ1) is 9.70. The van der Waals surface area contributed by atoms with Gasteiger partial charge in [-0.1, -0.05) is 49.3 Å². The lowest BCUT2D eigenvalue weighted by Gasteiger charge is -2.13. The molecule has 1 unspecified atom stereocenters. The first-order valence-corrected chi connectivity index (χ1v) is 6.93. The fourth-order valence-corrected chi connectivity index (χ4v) is 1.85. The molecule has 0 saturated carbocycles. The Labute approximate surface area is 119 Å². The zero-order valence-corrected chi connectivity index (χ0v) is 12.2. The van der Waals surface area contributed by atoms with Crippen molar-refractivity contribution in [3.63, 3.8) is 0 Å². The normalized spacial score (nSPS) is 12.8. The van der Waals surface area contributed by atoms with Crippen LogP contribution in [0.4, 0.5) is 0 Å². The van der Waals surface area contributed by atoms with Gasteiger partial charge in [0.25, 0.3) is 0 Å². The first kappa shape index (κ1) is 14.7. The van der Waals surface area contributed by atoms with Gasteiger partial charge in [-0.2, -0.15) is 4.98 Å². The Morgan fingerprint density at radius 1 is 1.25 bits per heavy atom. The van der Waals surface area contributed by atoms with Crippen LogP contribution in [0.5, 0.6) is 0 Å². The average molecular weight is 275 g/mol. The summed E-state index contributed by atoms with van der Waals surface area (Å²) in [6.07, 6.45) is -0.280. The Balaban J connectivity index is 2.14. The molecule has 1 atom stereocenters. The van der Waals surface area contributed by atoms with Crippen molar-refractivity contribution in [3.05, 3.63) is 47.6 Å². The van der Waals surface area contributed by atoms with Gasteiger partial charge in [-0.05, 0) is 12.5 Å². The molecule has 2 aromatic rings. The molecule has 0 aliphatic carbocycles. The minimum atomic E-state index is -0.280. The number of aromatic nitrogens is 2. The van der Waals surface area contributed by atoms with Gasteiger partial charge in [-0.15, -0.1) is 0 Å². The lowest BCUT2D eigenvalue weighted by Crippen LogP contribution is -2.22. The summed E-state index contributed by atoms with van der Waals surface area (Å²) in [6, 6.07) is 10.3. The van der Waals surface area contributed by atoms with E-state index in [1.165, 1.54) is 0 Å². The second kappa shape index (κ2) is 7.17. The summed E-state index contributed by atoms with van der Waals surface area (Å²) in [7, 11) is 0. The zero-order valence-electron chi connectivity index (χ0n) is 12.2. The molecule has 1 aromatic heterocycles. The molecular weight excluding hydrogens is 254 g/mol. The molecule has 0 saturated heterocycles. The molecule has 0 amide bonds. The topological polar surface area (TPSA) is 60.2 Å². The predicted octanol–water partition coefficient (Wildman–Crippen LogP) is 2.69. The van der Waals surface area contributed by atoms with Gasteiger partial charge in [0, 0.05) is 12.6 Å². The quantitative estimate of drug-likeness (QED) is 0.842. The van der Waals surface area contributed by atoms with Crippen LogP contribution in [0.2, 0.25) is 0 Å². The third-order valence-electron chi connectivity index (χ3n) is 2.82. The van der Waals surface area contributed by atoms with Crippen molar-refractivity contribution < 1.29 is 9.26 Å². The maximum Gasteiger partial charge on any atom is 0.240 e. The van der Waals surface area contributed by atoms with Gasteiger partial charge in [0.15, 0.2) is 0 Å². The lowest BCUT2D eigenvalue weighted by molar-refractivity contribution is 0.0833. The smallest absolute Gasteiger partial charge is 0.240 e. The number of benzene rings is 1. The van der Waals surface area contributed by atoms with Crippen molar-refractivity contribution in [1.82, 2.24) is 15.5 Å². The van der Waals surface area contributed by atoms with Crippen LogP contribution < -0.4 is 5.32 Å². The van der Waals surface area contributed by atoms with Crippen molar-refractivity contribution >= 4 is 0 Å². The number of hydrogen-bond acceptors (Lipinski definition) is 5. The Morgan fingerprint density at radius 2 is 2.00 bits per heavy atom. The molecule has 0 spiro atoms. The molecule has 108 valence electrons. The molecule has 5 heteroatoms. The van der Waals surface area contributed by atoms with Gasteiger partial charge in [0.1, 0.15) is 6.10 Å². The summed E-state index contributed by atoms with van der Waals surface area (Å²) >= 11 is 0. The van der Waals surface area contributed by atoms with Crippen LogP contribution >= 0.6 is 0 Å². The van der Waals surface area contributed by atoms with E-state index in [1.54, 1.807) is 0 Å². The van der Waals surface area contributed by atoms with Gasteiger partial charge in [0.2, 0.25) is 11.7 Å². The van der Waals surface area contributed by atoms with E-state index in [2.05, 4.69) is 29.3 Å². The number of ether oxygens (including phenoxy) is 1. The van der Waals surface area contributed by atoms with E-state index in [0.717, 1.165) is 5.56 Å². The van der Waals surface area contributed by atoms with Crippen molar-refractivity contribution in [1.29, 1.82) is 0 Å². The number of hydrogen-bond donors (Lipinski definition) is 1. The highest BCUT2D eigenvalue weighted by atomic mass is 16.5. The van der Waals surface area contributed by atoms with Crippen molar-refractivity contribution in [3.8, 4) is 0 Å². The van der Waals surface area contributed by atoms with E-state index in [0.29, 0.717) is 30.9 Å². The summed E-state index contributed by atoms with van der Waals surface area (Å²) in [5.41, 5.74) is 1.03. The summed E-state index contributed by atoms with van der Waals surface area (Å²) in [6.45, 7) is 7.26. The Kier molecular flexibility index (Phi) is 5.26. The molecule has 0 fully saturated rings. The molecule has 0 aliphatic heterocycles. The van der Waals surface area contributed by atoms with E-state index < -0.39 is 0 Å².